The lowest BCUT2D eigenvalue weighted by Crippen LogP contribution is -2.26. The van der Waals surface area contributed by atoms with E-state index < -0.39 is 5.97 Å². The number of carboxylic acid groups (broad SMARTS) is 1. The Labute approximate surface area is 134 Å². The summed E-state index contributed by atoms with van der Waals surface area (Å²) in [5, 5.41) is 9.42. The van der Waals surface area contributed by atoms with Crippen LogP contribution in [0.5, 0.6) is 0 Å². The molecule has 0 saturated heterocycles. The summed E-state index contributed by atoms with van der Waals surface area (Å²) in [6, 6.07) is 17.0. The third kappa shape index (κ3) is 2.63. The summed E-state index contributed by atoms with van der Waals surface area (Å²) in [6.45, 7) is 2.18. The number of carbonyl (C=O) groups is 2. The Kier molecular flexibility index (Phi) is 3.98. The molecule has 0 spiro atoms. The summed E-state index contributed by atoms with van der Waals surface area (Å²) in [6.07, 6.45) is 0.309. The smallest absolute Gasteiger partial charge is 0.332 e. The van der Waals surface area contributed by atoms with E-state index in [4.69, 9.17) is 0 Å². The van der Waals surface area contributed by atoms with Crippen LogP contribution in [-0.4, -0.2) is 17.0 Å². The number of para-hydroxylation sites is 1. The molecule has 23 heavy (non-hydrogen) atoms. The van der Waals surface area contributed by atoms with Gasteiger partial charge in [0.1, 0.15) is 0 Å². The van der Waals surface area contributed by atoms with Crippen molar-refractivity contribution in [3.63, 3.8) is 0 Å². The van der Waals surface area contributed by atoms with Gasteiger partial charge in [0.15, 0.2) is 0 Å². The highest BCUT2D eigenvalue weighted by molar-refractivity contribution is 6.35. The lowest BCUT2D eigenvalue weighted by Gasteiger charge is -2.17. The minimum Gasteiger partial charge on any atom is -0.478 e. The molecule has 2 aromatic rings. The van der Waals surface area contributed by atoms with E-state index in [9.17, 15) is 14.7 Å². The maximum atomic E-state index is 12.9. The maximum absolute atomic E-state index is 12.9. The molecular formula is C19H17NO3. The first-order valence-electron chi connectivity index (χ1n) is 7.55. The van der Waals surface area contributed by atoms with Crippen LogP contribution < -0.4 is 4.90 Å². The third-order valence-corrected chi connectivity index (χ3v) is 4.02. The highest BCUT2D eigenvalue weighted by Gasteiger charge is 2.35. The Balaban J connectivity index is 2.11. The van der Waals surface area contributed by atoms with Crippen molar-refractivity contribution in [2.45, 2.75) is 19.9 Å². The number of hydrogen-bond acceptors (Lipinski definition) is 2. The largest absolute Gasteiger partial charge is 0.478 e. The minimum atomic E-state index is -1.03. The predicted molar refractivity (Wildman–Crippen MR) is 88.9 cm³/mol. The fraction of sp³-hybridized carbons (Fsp3) is 0.158. The van der Waals surface area contributed by atoms with Crippen LogP contribution >= 0.6 is 0 Å². The van der Waals surface area contributed by atoms with Crippen molar-refractivity contribution in [1.82, 2.24) is 0 Å². The van der Waals surface area contributed by atoms with E-state index in [2.05, 4.69) is 0 Å². The van der Waals surface area contributed by atoms with E-state index in [0.29, 0.717) is 24.1 Å². The van der Waals surface area contributed by atoms with Gasteiger partial charge in [-0.15, -0.1) is 0 Å². The SMILES string of the molecule is CCC(C(=O)O)=C1C(=O)N(Cc2ccccc2)c2ccccc21. The Morgan fingerprint density at radius 3 is 2.35 bits per heavy atom. The fourth-order valence-electron chi connectivity index (χ4n) is 2.93. The quantitative estimate of drug-likeness (QED) is 0.880. The molecule has 1 N–H and O–H groups in total. The number of aliphatic carboxylic acids is 1. The number of hydrogen-bond donors (Lipinski definition) is 1. The average Bonchev–Trinajstić information content (AvgIpc) is 2.83. The van der Waals surface area contributed by atoms with Gasteiger partial charge in [0.25, 0.3) is 5.91 Å². The molecule has 0 bridgehead atoms. The van der Waals surface area contributed by atoms with Crippen LogP contribution in [0.2, 0.25) is 0 Å². The number of carboxylic acids is 1. The number of rotatable bonds is 4. The molecule has 1 heterocycles. The molecule has 0 aliphatic carbocycles. The monoisotopic (exact) mass is 307 g/mol. The van der Waals surface area contributed by atoms with Gasteiger partial charge in [-0.1, -0.05) is 55.5 Å². The van der Waals surface area contributed by atoms with Crippen molar-refractivity contribution < 1.29 is 14.7 Å². The van der Waals surface area contributed by atoms with Crippen molar-refractivity contribution in [2.24, 2.45) is 0 Å². The fourth-order valence-corrected chi connectivity index (χ4v) is 2.93. The average molecular weight is 307 g/mol. The second-order valence-electron chi connectivity index (χ2n) is 5.41. The van der Waals surface area contributed by atoms with Crippen LogP contribution in [-0.2, 0) is 16.1 Å². The summed E-state index contributed by atoms with van der Waals surface area (Å²) in [5.41, 5.74) is 2.95. The predicted octanol–water partition coefficient (Wildman–Crippen LogP) is 3.48. The van der Waals surface area contributed by atoms with E-state index in [-0.39, 0.29) is 11.5 Å². The number of anilines is 1. The van der Waals surface area contributed by atoms with Gasteiger partial charge in [0, 0.05) is 5.56 Å². The van der Waals surface area contributed by atoms with Gasteiger partial charge in [0.05, 0.1) is 23.4 Å². The van der Waals surface area contributed by atoms with Crippen molar-refractivity contribution in [3.8, 4) is 0 Å². The number of amides is 1. The number of carbonyl (C=O) groups excluding carboxylic acids is 1. The minimum absolute atomic E-state index is 0.165. The molecule has 4 nitrogen and oxygen atoms in total. The first kappa shape index (κ1) is 15.0. The van der Waals surface area contributed by atoms with Gasteiger partial charge in [-0.25, -0.2) is 4.79 Å². The van der Waals surface area contributed by atoms with E-state index >= 15 is 0 Å². The molecule has 0 radical (unpaired) electrons. The van der Waals surface area contributed by atoms with Gasteiger partial charge in [-0.05, 0) is 18.1 Å². The van der Waals surface area contributed by atoms with Crippen molar-refractivity contribution in [2.75, 3.05) is 4.90 Å². The summed E-state index contributed by atoms with van der Waals surface area (Å²) in [7, 11) is 0. The Morgan fingerprint density at radius 1 is 1.04 bits per heavy atom. The van der Waals surface area contributed by atoms with Gasteiger partial charge >= 0.3 is 5.97 Å². The van der Waals surface area contributed by atoms with Crippen LogP contribution in [0.25, 0.3) is 5.57 Å². The summed E-state index contributed by atoms with van der Waals surface area (Å²) < 4.78 is 0. The van der Waals surface area contributed by atoms with Gasteiger partial charge in [0.2, 0.25) is 0 Å². The first-order valence-corrected chi connectivity index (χ1v) is 7.55. The maximum Gasteiger partial charge on any atom is 0.332 e. The molecule has 0 atom stereocenters. The molecule has 0 unspecified atom stereocenters. The van der Waals surface area contributed by atoms with E-state index in [1.54, 1.807) is 11.8 Å². The van der Waals surface area contributed by atoms with Crippen LogP contribution in [0.1, 0.15) is 24.5 Å². The molecule has 0 saturated carbocycles. The third-order valence-electron chi connectivity index (χ3n) is 4.02. The molecule has 0 fully saturated rings. The Morgan fingerprint density at radius 2 is 1.70 bits per heavy atom. The van der Waals surface area contributed by atoms with E-state index in [1.165, 1.54) is 0 Å². The number of benzene rings is 2. The van der Waals surface area contributed by atoms with Crippen LogP contribution in [0, 0.1) is 0 Å². The molecular weight excluding hydrogens is 290 g/mol. The van der Waals surface area contributed by atoms with Crippen LogP contribution in [0.4, 0.5) is 5.69 Å². The van der Waals surface area contributed by atoms with Gasteiger partial charge in [-0.3, -0.25) is 4.79 Å². The van der Waals surface area contributed by atoms with Crippen LogP contribution in [0.3, 0.4) is 0 Å². The van der Waals surface area contributed by atoms with Gasteiger partial charge < -0.3 is 10.0 Å². The highest BCUT2D eigenvalue weighted by Crippen LogP contribution is 2.39. The molecule has 1 aliphatic heterocycles. The first-order chi connectivity index (χ1) is 11.1. The van der Waals surface area contributed by atoms with Crippen LogP contribution in [0.15, 0.2) is 60.2 Å². The summed E-state index contributed by atoms with van der Waals surface area (Å²) in [4.78, 5) is 26.0. The standard InChI is InChI=1S/C19H17NO3/c1-2-14(19(22)23)17-15-10-6-7-11-16(15)20(18(17)21)12-13-8-4-3-5-9-13/h3-11H,2,12H2,1H3,(H,22,23). The van der Waals surface area contributed by atoms with E-state index in [1.807, 2.05) is 54.6 Å². The zero-order valence-electron chi connectivity index (χ0n) is 12.8. The van der Waals surface area contributed by atoms with Crippen molar-refractivity contribution in [3.05, 3.63) is 71.3 Å². The van der Waals surface area contributed by atoms with E-state index in [0.717, 1.165) is 11.3 Å². The lowest BCUT2D eigenvalue weighted by atomic mass is 9.99. The zero-order valence-corrected chi connectivity index (χ0v) is 12.8. The molecule has 116 valence electrons. The summed E-state index contributed by atoms with van der Waals surface area (Å²) >= 11 is 0. The lowest BCUT2D eigenvalue weighted by molar-refractivity contribution is -0.133. The topological polar surface area (TPSA) is 57.6 Å². The van der Waals surface area contributed by atoms with Gasteiger partial charge in [-0.2, -0.15) is 0 Å². The van der Waals surface area contributed by atoms with Crippen molar-refractivity contribution >= 4 is 23.1 Å². The number of nitrogens with zero attached hydrogens (tertiary/aromatic N) is 1. The highest BCUT2D eigenvalue weighted by atomic mass is 16.4. The Bertz CT molecular complexity index is 793. The molecule has 0 aromatic heterocycles. The molecule has 4 heteroatoms. The molecule has 1 aliphatic rings. The molecule has 1 amide bonds. The van der Waals surface area contributed by atoms with Crippen molar-refractivity contribution in [1.29, 1.82) is 0 Å². The zero-order chi connectivity index (χ0) is 16.4. The molecule has 3 rings (SSSR count). The number of fused-ring (bicyclic) bond motifs is 1. The normalized spacial score (nSPS) is 15.5. The summed E-state index contributed by atoms with van der Waals surface area (Å²) in [5.74, 6) is -1.28. The second-order valence-corrected chi connectivity index (χ2v) is 5.41. The molecule has 2 aromatic carbocycles. The second kappa shape index (κ2) is 6.08. The Hall–Kier alpha value is -2.88.